The normalized spacial score (nSPS) is 16.0. The van der Waals surface area contributed by atoms with Gasteiger partial charge in [0.05, 0.1) is 7.11 Å². The van der Waals surface area contributed by atoms with Gasteiger partial charge in [0.15, 0.2) is 0 Å². The Morgan fingerprint density at radius 2 is 1.88 bits per heavy atom. The SMILES string of the molecule is COc1ccc(CCC(=O)N(CC(F)(F)F)C2CCOCC2)cc1. The fourth-order valence-electron chi connectivity index (χ4n) is 2.80. The van der Waals surface area contributed by atoms with Crippen molar-refractivity contribution in [2.75, 3.05) is 26.9 Å². The fourth-order valence-corrected chi connectivity index (χ4v) is 2.80. The zero-order valence-corrected chi connectivity index (χ0v) is 13.6. The lowest BCUT2D eigenvalue weighted by molar-refractivity contribution is -0.168. The molecule has 4 nitrogen and oxygen atoms in total. The summed E-state index contributed by atoms with van der Waals surface area (Å²) in [6, 6.07) is 6.77. The van der Waals surface area contributed by atoms with Gasteiger partial charge in [-0.2, -0.15) is 13.2 Å². The Bertz CT molecular complexity index is 525. The molecule has 2 rings (SSSR count). The van der Waals surface area contributed by atoms with Gasteiger partial charge in [0.2, 0.25) is 5.91 Å². The van der Waals surface area contributed by atoms with E-state index in [0.29, 0.717) is 38.2 Å². The second-order valence-corrected chi connectivity index (χ2v) is 5.83. The Hall–Kier alpha value is -1.76. The van der Waals surface area contributed by atoms with Crippen LogP contribution in [0.15, 0.2) is 24.3 Å². The van der Waals surface area contributed by atoms with Gasteiger partial charge < -0.3 is 14.4 Å². The quantitative estimate of drug-likeness (QED) is 0.795. The molecule has 0 aromatic heterocycles. The van der Waals surface area contributed by atoms with Gasteiger partial charge in [-0.1, -0.05) is 12.1 Å². The minimum Gasteiger partial charge on any atom is -0.497 e. The Labute approximate surface area is 139 Å². The maximum atomic E-state index is 12.8. The molecule has 0 radical (unpaired) electrons. The zero-order valence-electron chi connectivity index (χ0n) is 13.6. The Morgan fingerprint density at radius 1 is 1.25 bits per heavy atom. The molecule has 0 aliphatic carbocycles. The highest BCUT2D eigenvalue weighted by Gasteiger charge is 2.36. The third kappa shape index (κ3) is 5.70. The van der Waals surface area contributed by atoms with E-state index in [9.17, 15) is 18.0 Å². The summed E-state index contributed by atoms with van der Waals surface area (Å²) in [7, 11) is 1.56. The molecule has 0 unspecified atom stereocenters. The van der Waals surface area contributed by atoms with E-state index < -0.39 is 24.7 Å². The number of halogens is 3. The van der Waals surface area contributed by atoms with Gasteiger partial charge in [0.1, 0.15) is 12.3 Å². The Morgan fingerprint density at radius 3 is 2.42 bits per heavy atom. The van der Waals surface area contributed by atoms with Gasteiger partial charge in [-0.3, -0.25) is 4.79 Å². The first-order valence-electron chi connectivity index (χ1n) is 7.96. The van der Waals surface area contributed by atoms with Crippen LogP contribution < -0.4 is 4.74 Å². The number of methoxy groups -OCH3 is 1. The third-order valence-corrected chi connectivity index (χ3v) is 4.09. The highest BCUT2D eigenvalue weighted by Crippen LogP contribution is 2.23. The van der Waals surface area contributed by atoms with Gasteiger partial charge in [-0.25, -0.2) is 0 Å². The summed E-state index contributed by atoms with van der Waals surface area (Å²) in [6.07, 6.45) is -3.04. The van der Waals surface area contributed by atoms with Crippen molar-refractivity contribution >= 4 is 5.91 Å². The van der Waals surface area contributed by atoms with Crippen molar-refractivity contribution in [3.8, 4) is 5.75 Å². The summed E-state index contributed by atoms with van der Waals surface area (Å²) < 4.78 is 48.7. The molecule has 0 spiro atoms. The fraction of sp³-hybridized carbons (Fsp3) is 0.588. The topological polar surface area (TPSA) is 38.8 Å². The zero-order chi connectivity index (χ0) is 17.6. The minimum atomic E-state index is -4.39. The molecule has 1 amide bonds. The number of aryl methyl sites for hydroxylation is 1. The van der Waals surface area contributed by atoms with Crippen molar-refractivity contribution in [3.05, 3.63) is 29.8 Å². The van der Waals surface area contributed by atoms with Crippen molar-refractivity contribution in [2.45, 2.75) is 37.9 Å². The van der Waals surface area contributed by atoms with E-state index in [4.69, 9.17) is 9.47 Å². The largest absolute Gasteiger partial charge is 0.497 e. The van der Waals surface area contributed by atoms with E-state index in [1.165, 1.54) is 0 Å². The number of amides is 1. The molecule has 0 bridgehead atoms. The summed E-state index contributed by atoms with van der Waals surface area (Å²) in [6.45, 7) is -0.408. The van der Waals surface area contributed by atoms with Gasteiger partial charge >= 0.3 is 6.18 Å². The van der Waals surface area contributed by atoms with Crippen LogP contribution >= 0.6 is 0 Å². The van der Waals surface area contributed by atoms with E-state index in [-0.39, 0.29) is 6.42 Å². The van der Waals surface area contributed by atoms with Crippen LogP contribution in [0, 0.1) is 0 Å². The number of alkyl halides is 3. The first kappa shape index (κ1) is 18.6. The number of ether oxygens (including phenoxy) is 2. The standard InChI is InChI=1S/C17H22F3NO3/c1-23-15-5-2-13(3-6-15)4-7-16(22)21(12-17(18,19)20)14-8-10-24-11-9-14/h2-3,5-6,14H,4,7-12H2,1H3. The monoisotopic (exact) mass is 345 g/mol. The summed E-state index contributed by atoms with van der Waals surface area (Å²) in [4.78, 5) is 13.4. The second-order valence-electron chi connectivity index (χ2n) is 5.83. The average Bonchev–Trinajstić information content (AvgIpc) is 2.58. The van der Waals surface area contributed by atoms with Crippen molar-refractivity contribution in [2.24, 2.45) is 0 Å². The highest BCUT2D eigenvalue weighted by molar-refractivity contribution is 5.77. The predicted molar refractivity (Wildman–Crippen MR) is 82.9 cm³/mol. The maximum absolute atomic E-state index is 12.8. The van der Waals surface area contributed by atoms with E-state index in [0.717, 1.165) is 10.5 Å². The second kappa shape index (κ2) is 8.37. The van der Waals surface area contributed by atoms with Crippen LogP contribution in [0.3, 0.4) is 0 Å². The van der Waals surface area contributed by atoms with Crippen LogP contribution in [-0.2, 0) is 16.0 Å². The van der Waals surface area contributed by atoms with Crippen molar-refractivity contribution in [3.63, 3.8) is 0 Å². The molecule has 1 aromatic rings. The lowest BCUT2D eigenvalue weighted by Gasteiger charge is -2.35. The highest BCUT2D eigenvalue weighted by atomic mass is 19.4. The van der Waals surface area contributed by atoms with Gasteiger partial charge in [0.25, 0.3) is 0 Å². The van der Waals surface area contributed by atoms with Gasteiger partial charge in [-0.05, 0) is 37.0 Å². The summed E-state index contributed by atoms with van der Waals surface area (Å²) in [5, 5.41) is 0. The molecule has 1 saturated heterocycles. The van der Waals surface area contributed by atoms with E-state index in [1.54, 1.807) is 19.2 Å². The number of carbonyl (C=O) groups is 1. The number of hydrogen-bond acceptors (Lipinski definition) is 3. The molecule has 1 heterocycles. The molecular weight excluding hydrogens is 323 g/mol. The van der Waals surface area contributed by atoms with Gasteiger partial charge in [0, 0.05) is 25.7 Å². The first-order chi connectivity index (χ1) is 11.4. The van der Waals surface area contributed by atoms with Gasteiger partial charge in [-0.15, -0.1) is 0 Å². The van der Waals surface area contributed by atoms with Crippen LogP contribution in [0.25, 0.3) is 0 Å². The average molecular weight is 345 g/mol. The van der Waals surface area contributed by atoms with Crippen LogP contribution in [0.2, 0.25) is 0 Å². The molecule has 0 saturated carbocycles. The smallest absolute Gasteiger partial charge is 0.406 e. The lowest BCUT2D eigenvalue weighted by Crippen LogP contribution is -2.47. The van der Waals surface area contributed by atoms with Crippen LogP contribution in [0.5, 0.6) is 5.75 Å². The minimum absolute atomic E-state index is 0.0553. The molecular formula is C17H22F3NO3. The van der Waals surface area contributed by atoms with E-state index in [2.05, 4.69) is 0 Å². The molecule has 1 fully saturated rings. The van der Waals surface area contributed by atoms with Crippen molar-refractivity contribution in [1.29, 1.82) is 0 Å². The van der Waals surface area contributed by atoms with Crippen LogP contribution in [0.4, 0.5) is 13.2 Å². The van der Waals surface area contributed by atoms with E-state index in [1.807, 2.05) is 12.1 Å². The van der Waals surface area contributed by atoms with Crippen LogP contribution in [0.1, 0.15) is 24.8 Å². The predicted octanol–water partition coefficient (Wildman–Crippen LogP) is 3.20. The molecule has 24 heavy (non-hydrogen) atoms. The van der Waals surface area contributed by atoms with E-state index >= 15 is 0 Å². The van der Waals surface area contributed by atoms with Crippen molar-refractivity contribution in [1.82, 2.24) is 4.90 Å². The molecule has 1 aliphatic heterocycles. The molecule has 1 aliphatic rings. The third-order valence-electron chi connectivity index (χ3n) is 4.09. The molecule has 134 valence electrons. The first-order valence-corrected chi connectivity index (χ1v) is 7.96. The lowest BCUT2D eigenvalue weighted by atomic mass is 10.0. The summed E-state index contributed by atoms with van der Waals surface area (Å²) >= 11 is 0. The molecule has 0 atom stereocenters. The summed E-state index contributed by atoms with van der Waals surface area (Å²) in [5.74, 6) is 0.237. The summed E-state index contributed by atoms with van der Waals surface area (Å²) in [5.41, 5.74) is 0.892. The number of rotatable bonds is 6. The van der Waals surface area contributed by atoms with Crippen LogP contribution in [-0.4, -0.2) is 49.9 Å². The number of nitrogens with zero attached hydrogens (tertiary/aromatic N) is 1. The molecule has 1 aromatic carbocycles. The number of carbonyl (C=O) groups excluding carboxylic acids is 1. The molecule has 0 N–H and O–H groups in total. The number of hydrogen-bond donors (Lipinski definition) is 0. The molecule has 7 heteroatoms. The maximum Gasteiger partial charge on any atom is 0.406 e. The Kier molecular flexibility index (Phi) is 6.48. The Balaban J connectivity index is 1.97. The van der Waals surface area contributed by atoms with Crippen molar-refractivity contribution < 1.29 is 27.4 Å². The number of benzene rings is 1.